The van der Waals surface area contributed by atoms with E-state index in [2.05, 4.69) is 12.2 Å². The molecule has 1 atom stereocenters. The van der Waals surface area contributed by atoms with Crippen molar-refractivity contribution in [2.75, 3.05) is 7.11 Å². The van der Waals surface area contributed by atoms with Crippen LogP contribution in [0.1, 0.15) is 42.9 Å². The highest BCUT2D eigenvalue weighted by Crippen LogP contribution is 2.39. The summed E-state index contributed by atoms with van der Waals surface area (Å²) in [6, 6.07) is 28.4. The zero-order valence-corrected chi connectivity index (χ0v) is 18.1. The minimum atomic E-state index is -1.11. The number of hydrogen-bond donors (Lipinski definition) is 1. The van der Waals surface area contributed by atoms with Crippen LogP contribution in [0.4, 0.5) is 0 Å². The number of methoxy groups -OCH3 is 1. The van der Waals surface area contributed by atoms with Gasteiger partial charge in [-0.05, 0) is 23.1 Å². The van der Waals surface area contributed by atoms with E-state index in [1.165, 1.54) is 7.11 Å². The summed E-state index contributed by atoms with van der Waals surface area (Å²) in [7, 11) is 1.35. The Morgan fingerprint density at radius 3 is 1.58 bits per heavy atom. The molecule has 0 saturated carbocycles. The van der Waals surface area contributed by atoms with Gasteiger partial charge in [0.05, 0.1) is 7.11 Å². The van der Waals surface area contributed by atoms with Crippen LogP contribution >= 0.6 is 0 Å². The molecule has 3 aromatic carbocycles. The maximum Gasteiger partial charge on any atom is 0.328 e. The summed E-state index contributed by atoms with van der Waals surface area (Å²) >= 11 is 0. The number of hydrogen-bond acceptors (Lipinski definition) is 3. The highest BCUT2D eigenvalue weighted by Gasteiger charge is 2.44. The lowest BCUT2D eigenvalue weighted by atomic mass is 9.68. The third-order valence-electron chi connectivity index (χ3n) is 5.60. The quantitative estimate of drug-likeness (QED) is 0.401. The molecule has 0 spiro atoms. The number of benzene rings is 3. The van der Waals surface area contributed by atoms with E-state index in [9.17, 15) is 9.59 Å². The number of ether oxygens (including phenoxy) is 1. The van der Waals surface area contributed by atoms with E-state index < -0.39 is 17.4 Å². The minimum absolute atomic E-state index is 0.248. The van der Waals surface area contributed by atoms with Crippen molar-refractivity contribution in [1.29, 1.82) is 0 Å². The lowest BCUT2D eigenvalue weighted by molar-refractivity contribution is -0.145. The monoisotopic (exact) mass is 415 g/mol. The summed E-state index contributed by atoms with van der Waals surface area (Å²) in [5.74, 6) is -0.674. The average Bonchev–Trinajstić information content (AvgIpc) is 2.84. The summed E-state index contributed by atoms with van der Waals surface area (Å²) in [6.07, 6.45) is 2.27. The molecule has 0 aliphatic rings. The second kappa shape index (κ2) is 10.6. The molecule has 0 radical (unpaired) electrons. The molecule has 1 N–H and O–H groups in total. The van der Waals surface area contributed by atoms with E-state index >= 15 is 0 Å². The topological polar surface area (TPSA) is 55.4 Å². The fourth-order valence-corrected chi connectivity index (χ4v) is 4.02. The predicted octanol–water partition coefficient (Wildman–Crippen LogP) is 4.87. The molecule has 4 nitrogen and oxygen atoms in total. The summed E-state index contributed by atoms with van der Waals surface area (Å²) in [5, 5.41) is 3.03. The normalized spacial score (nSPS) is 12.1. The van der Waals surface area contributed by atoms with Crippen molar-refractivity contribution in [3.05, 3.63) is 108 Å². The first-order valence-electron chi connectivity index (χ1n) is 10.7. The van der Waals surface area contributed by atoms with Crippen molar-refractivity contribution in [3.8, 4) is 0 Å². The van der Waals surface area contributed by atoms with Crippen LogP contribution < -0.4 is 5.32 Å². The van der Waals surface area contributed by atoms with Crippen molar-refractivity contribution < 1.29 is 14.3 Å². The van der Waals surface area contributed by atoms with Gasteiger partial charge in [-0.15, -0.1) is 0 Å². The average molecular weight is 416 g/mol. The van der Waals surface area contributed by atoms with Gasteiger partial charge < -0.3 is 10.1 Å². The lowest BCUT2D eigenvalue weighted by Gasteiger charge is -2.35. The highest BCUT2D eigenvalue weighted by atomic mass is 16.5. The van der Waals surface area contributed by atoms with E-state index in [-0.39, 0.29) is 5.91 Å². The van der Waals surface area contributed by atoms with Gasteiger partial charge in [0, 0.05) is 0 Å². The van der Waals surface area contributed by atoms with Crippen LogP contribution in [0.5, 0.6) is 0 Å². The Hall–Kier alpha value is -3.40. The molecule has 0 fully saturated rings. The molecule has 0 aliphatic carbocycles. The number of unbranched alkanes of at least 4 members (excludes halogenated alkanes) is 1. The highest BCUT2D eigenvalue weighted by molar-refractivity contribution is 5.98. The van der Waals surface area contributed by atoms with Crippen LogP contribution in [0.2, 0.25) is 0 Å². The first-order valence-corrected chi connectivity index (χ1v) is 10.7. The standard InChI is InChI=1S/C27H29NO3/c1-3-4-20-24(25(29)31-2)28-26(30)27(21-14-8-5-9-15-21,22-16-10-6-11-17-22)23-18-12-7-13-19-23/h5-19,24H,3-4,20H2,1-2H3,(H,28,30)/t24-/m1/s1. The zero-order chi connectivity index (χ0) is 22.1. The van der Waals surface area contributed by atoms with Gasteiger partial charge in [0.15, 0.2) is 0 Å². The third kappa shape index (κ3) is 4.69. The number of carbonyl (C=O) groups is 2. The van der Waals surface area contributed by atoms with E-state index in [0.29, 0.717) is 6.42 Å². The van der Waals surface area contributed by atoms with E-state index in [1.54, 1.807) is 0 Å². The smallest absolute Gasteiger partial charge is 0.328 e. The van der Waals surface area contributed by atoms with Gasteiger partial charge in [0.25, 0.3) is 0 Å². The second-order valence-corrected chi connectivity index (χ2v) is 7.54. The van der Waals surface area contributed by atoms with E-state index in [4.69, 9.17) is 4.74 Å². The van der Waals surface area contributed by atoms with E-state index in [0.717, 1.165) is 29.5 Å². The van der Waals surface area contributed by atoms with Gasteiger partial charge in [-0.1, -0.05) is 111 Å². The van der Waals surface area contributed by atoms with Gasteiger partial charge >= 0.3 is 5.97 Å². The van der Waals surface area contributed by atoms with Crippen LogP contribution in [0.25, 0.3) is 0 Å². The number of nitrogens with one attached hydrogen (secondary N) is 1. The molecule has 0 aliphatic heterocycles. The number of amides is 1. The number of rotatable bonds is 9. The molecule has 1 amide bonds. The van der Waals surface area contributed by atoms with Crippen molar-refractivity contribution in [2.45, 2.75) is 37.6 Å². The Labute approximate surface area is 184 Å². The Bertz CT molecular complexity index is 874. The van der Waals surface area contributed by atoms with Gasteiger partial charge in [-0.3, -0.25) is 4.79 Å². The fourth-order valence-electron chi connectivity index (χ4n) is 4.02. The van der Waals surface area contributed by atoms with Crippen LogP contribution in [-0.4, -0.2) is 25.0 Å². The molecule has 0 aromatic heterocycles. The number of esters is 1. The van der Waals surface area contributed by atoms with Crippen molar-refractivity contribution in [3.63, 3.8) is 0 Å². The Kier molecular flexibility index (Phi) is 7.60. The summed E-state index contributed by atoms with van der Waals surface area (Å²) in [6.45, 7) is 2.05. The van der Waals surface area contributed by atoms with Crippen LogP contribution in [0, 0.1) is 0 Å². The molecular formula is C27H29NO3. The lowest BCUT2D eigenvalue weighted by Crippen LogP contribution is -2.52. The Morgan fingerprint density at radius 2 is 1.23 bits per heavy atom. The molecule has 160 valence electrons. The van der Waals surface area contributed by atoms with Crippen LogP contribution in [0.15, 0.2) is 91.0 Å². The van der Waals surface area contributed by atoms with Gasteiger partial charge in [-0.25, -0.2) is 4.79 Å². The van der Waals surface area contributed by atoms with E-state index in [1.807, 2.05) is 91.0 Å². The zero-order valence-electron chi connectivity index (χ0n) is 18.1. The van der Waals surface area contributed by atoms with Gasteiger partial charge in [-0.2, -0.15) is 0 Å². The molecule has 31 heavy (non-hydrogen) atoms. The largest absolute Gasteiger partial charge is 0.467 e. The third-order valence-corrected chi connectivity index (χ3v) is 5.60. The molecule has 0 bridgehead atoms. The van der Waals surface area contributed by atoms with Crippen molar-refractivity contribution in [2.24, 2.45) is 0 Å². The summed E-state index contributed by atoms with van der Waals surface area (Å²) in [5.41, 5.74) is 1.40. The molecule has 3 rings (SSSR count). The first kappa shape index (κ1) is 22.3. The predicted molar refractivity (Wildman–Crippen MR) is 123 cm³/mol. The summed E-state index contributed by atoms with van der Waals surface area (Å²) < 4.78 is 4.99. The maximum atomic E-state index is 14.1. The molecular weight excluding hydrogens is 386 g/mol. The minimum Gasteiger partial charge on any atom is -0.467 e. The molecule has 3 aromatic rings. The maximum absolute atomic E-state index is 14.1. The van der Waals surface area contributed by atoms with Crippen molar-refractivity contribution in [1.82, 2.24) is 5.32 Å². The van der Waals surface area contributed by atoms with Gasteiger partial charge in [0.2, 0.25) is 5.91 Å². The van der Waals surface area contributed by atoms with Crippen molar-refractivity contribution >= 4 is 11.9 Å². The SMILES string of the molecule is CCCC[C@@H](NC(=O)C(c1ccccc1)(c1ccccc1)c1ccccc1)C(=O)OC. The molecule has 0 heterocycles. The Morgan fingerprint density at radius 1 is 0.806 bits per heavy atom. The second-order valence-electron chi connectivity index (χ2n) is 7.54. The molecule has 0 unspecified atom stereocenters. The number of carbonyl (C=O) groups excluding carboxylic acids is 2. The van der Waals surface area contributed by atoms with Gasteiger partial charge in [0.1, 0.15) is 11.5 Å². The molecule has 4 heteroatoms. The molecule has 0 saturated heterocycles. The Balaban J connectivity index is 2.19. The van der Waals surface area contributed by atoms with Crippen LogP contribution in [-0.2, 0) is 19.7 Å². The first-order chi connectivity index (χ1) is 15.1. The fraction of sp³-hybridized carbons (Fsp3) is 0.259. The summed E-state index contributed by atoms with van der Waals surface area (Å²) in [4.78, 5) is 26.6. The van der Waals surface area contributed by atoms with Crippen LogP contribution in [0.3, 0.4) is 0 Å².